The van der Waals surface area contributed by atoms with Crippen molar-refractivity contribution in [1.82, 2.24) is 10.2 Å². The van der Waals surface area contributed by atoms with Crippen LogP contribution in [0.25, 0.3) is 0 Å². The highest BCUT2D eigenvalue weighted by molar-refractivity contribution is 8.01. The molecule has 4 atom stereocenters. The molecule has 2 aromatic carbocycles. The SMILES string of the molecule is Cc1nnc(SC[C@H]2O[C@@H](c3ccc(NC(=O)C(Cl)(Cl)Cl)cc3)O[C@@H](c3ccc(CO)cc3)[C@H]2C)s1. The first-order valence-corrected chi connectivity index (χ1v) is 14.0. The van der Waals surface area contributed by atoms with Gasteiger partial charge >= 0.3 is 0 Å². The van der Waals surface area contributed by atoms with Gasteiger partial charge in [-0.3, -0.25) is 4.79 Å². The number of aryl methyl sites for hydroxylation is 1. The summed E-state index contributed by atoms with van der Waals surface area (Å²) in [6.07, 6.45) is -1.00. The van der Waals surface area contributed by atoms with Crippen molar-refractivity contribution in [3.8, 4) is 0 Å². The Morgan fingerprint density at radius 3 is 2.33 bits per heavy atom. The second kappa shape index (κ2) is 12.0. The standard InChI is InChI=1S/C24H24Cl3N3O4S2/c1-13-19(12-35-23-30-29-14(2)36-23)33-21(34-20(13)16-5-3-15(11-31)4-6-16)17-7-9-18(10-8-17)28-22(32)24(25,26)27/h3-10,13,19-21,31H,11-12H2,1-2H3,(H,28,32)/t13-,19+,20+,21+/m0/s1. The normalized spacial score (nSPS) is 22.4. The van der Waals surface area contributed by atoms with Crippen LogP contribution in [-0.4, -0.2) is 36.9 Å². The molecule has 2 heterocycles. The Labute approximate surface area is 232 Å². The molecule has 4 rings (SSSR count). The van der Waals surface area contributed by atoms with Gasteiger partial charge in [0.25, 0.3) is 9.70 Å². The maximum atomic E-state index is 12.0. The predicted octanol–water partition coefficient (Wildman–Crippen LogP) is 6.23. The lowest BCUT2D eigenvalue weighted by molar-refractivity contribution is -0.268. The van der Waals surface area contributed by atoms with Crippen LogP contribution in [0.3, 0.4) is 0 Å². The van der Waals surface area contributed by atoms with E-state index in [1.54, 1.807) is 47.4 Å². The number of aliphatic hydroxyl groups excluding tert-OH is 1. The predicted molar refractivity (Wildman–Crippen MR) is 144 cm³/mol. The van der Waals surface area contributed by atoms with Crippen LogP contribution in [-0.2, 0) is 20.9 Å². The minimum absolute atomic E-state index is 0.0191. The van der Waals surface area contributed by atoms with Gasteiger partial charge in [0, 0.05) is 22.9 Å². The molecule has 0 bridgehead atoms. The van der Waals surface area contributed by atoms with Gasteiger partial charge in [0.1, 0.15) is 5.01 Å². The largest absolute Gasteiger partial charge is 0.392 e. The van der Waals surface area contributed by atoms with Crippen LogP contribution in [0.1, 0.15) is 41.0 Å². The summed E-state index contributed by atoms with van der Waals surface area (Å²) in [7, 11) is 0. The van der Waals surface area contributed by atoms with Crippen LogP contribution >= 0.6 is 57.9 Å². The zero-order chi connectivity index (χ0) is 25.9. The lowest BCUT2D eigenvalue weighted by Gasteiger charge is -2.41. The van der Waals surface area contributed by atoms with Crippen LogP contribution in [0.15, 0.2) is 52.9 Å². The summed E-state index contributed by atoms with van der Waals surface area (Å²) in [6, 6.07) is 14.8. The first kappa shape index (κ1) is 27.6. The maximum Gasteiger partial charge on any atom is 0.276 e. The van der Waals surface area contributed by atoms with Crippen molar-refractivity contribution in [2.45, 2.75) is 47.1 Å². The van der Waals surface area contributed by atoms with Gasteiger partial charge in [0.15, 0.2) is 10.6 Å². The molecule has 12 heteroatoms. The number of hydrogen-bond acceptors (Lipinski definition) is 8. The number of carbonyl (C=O) groups is 1. The number of benzene rings is 2. The van der Waals surface area contributed by atoms with Crippen molar-refractivity contribution < 1.29 is 19.4 Å². The average molecular weight is 589 g/mol. The zero-order valence-corrected chi connectivity index (χ0v) is 23.3. The number of aliphatic hydroxyl groups is 1. The topological polar surface area (TPSA) is 93.6 Å². The van der Waals surface area contributed by atoms with Gasteiger partial charge in [0.2, 0.25) is 0 Å². The third-order valence-electron chi connectivity index (χ3n) is 5.70. The van der Waals surface area contributed by atoms with E-state index in [1.165, 1.54) is 0 Å². The van der Waals surface area contributed by atoms with E-state index in [1.807, 2.05) is 31.2 Å². The lowest BCUT2D eigenvalue weighted by atomic mass is 9.91. The van der Waals surface area contributed by atoms with E-state index < -0.39 is 16.0 Å². The Kier molecular flexibility index (Phi) is 9.17. The van der Waals surface area contributed by atoms with Gasteiger partial charge in [-0.2, -0.15) is 0 Å². The summed E-state index contributed by atoms with van der Waals surface area (Å²) < 4.78 is 11.7. The monoisotopic (exact) mass is 587 g/mol. The summed E-state index contributed by atoms with van der Waals surface area (Å²) in [5.74, 6) is -0.0154. The molecule has 0 spiro atoms. The van der Waals surface area contributed by atoms with Crippen molar-refractivity contribution in [2.24, 2.45) is 5.92 Å². The Balaban J connectivity index is 1.54. The number of rotatable bonds is 7. The van der Waals surface area contributed by atoms with Crippen molar-refractivity contribution in [2.75, 3.05) is 11.1 Å². The summed E-state index contributed by atoms with van der Waals surface area (Å²) in [4.78, 5) is 12.0. The van der Waals surface area contributed by atoms with Crippen molar-refractivity contribution in [3.05, 3.63) is 70.2 Å². The van der Waals surface area contributed by atoms with Crippen LogP contribution < -0.4 is 5.32 Å². The van der Waals surface area contributed by atoms with E-state index in [9.17, 15) is 9.90 Å². The van der Waals surface area contributed by atoms with Gasteiger partial charge in [-0.15, -0.1) is 10.2 Å². The quantitative estimate of drug-likeness (QED) is 0.250. The van der Waals surface area contributed by atoms with Crippen LogP contribution in [0.5, 0.6) is 0 Å². The molecule has 0 unspecified atom stereocenters. The molecule has 192 valence electrons. The van der Waals surface area contributed by atoms with Gasteiger partial charge in [-0.25, -0.2) is 0 Å². The van der Waals surface area contributed by atoms with Crippen molar-refractivity contribution in [3.63, 3.8) is 0 Å². The van der Waals surface area contributed by atoms with Crippen LogP contribution in [0.2, 0.25) is 0 Å². The second-order valence-electron chi connectivity index (χ2n) is 8.29. The Morgan fingerprint density at radius 1 is 1.08 bits per heavy atom. The van der Waals surface area contributed by atoms with Gasteiger partial charge in [-0.05, 0) is 30.2 Å². The molecule has 7 nitrogen and oxygen atoms in total. The Morgan fingerprint density at radius 2 is 1.75 bits per heavy atom. The molecule has 1 aliphatic heterocycles. The molecule has 36 heavy (non-hydrogen) atoms. The molecule has 2 N–H and O–H groups in total. The van der Waals surface area contributed by atoms with Gasteiger partial charge in [0.05, 0.1) is 18.8 Å². The third kappa shape index (κ3) is 6.90. The number of amides is 1. The highest BCUT2D eigenvalue weighted by atomic mass is 35.6. The van der Waals surface area contributed by atoms with E-state index in [4.69, 9.17) is 44.3 Å². The summed E-state index contributed by atoms with van der Waals surface area (Å²) in [5, 5.41) is 21.2. The van der Waals surface area contributed by atoms with Crippen molar-refractivity contribution >= 4 is 69.5 Å². The van der Waals surface area contributed by atoms with E-state index in [0.717, 1.165) is 26.0 Å². The number of halogens is 3. The number of nitrogens with one attached hydrogen (secondary N) is 1. The third-order valence-corrected chi connectivity index (χ3v) is 8.28. The Bertz CT molecular complexity index is 1170. The minimum atomic E-state index is -2.06. The molecule has 0 radical (unpaired) electrons. The number of anilines is 1. The van der Waals surface area contributed by atoms with E-state index in [2.05, 4.69) is 22.4 Å². The second-order valence-corrected chi connectivity index (χ2v) is 13.0. The van der Waals surface area contributed by atoms with Crippen LogP contribution in [0.4, 0.5) is 5.69 Å². The van der Waals surface area contributed by atoms with Gasteiger partial charge in [-0.1, -0.05) is 101 Å². The molecule has 1 saturated heterocycles. The zero-order valence-electron chi connectivity index (χ0n) is 19.4. The first-order valence-electron chi connectivity index (χ1n) is 11.1. The number of alkyl halides is 3. The fraction of sp³-hybridized carbons (Fsp3) is 0.375. The number of hydrogen-bond donors (Lipinski definition) is 2. The summed E-state index contributed by atoms with van der Waals surface area (Å²) in [5.41, 5.74) is 3.10. The van der Waals surface area contributed by atoms with E-state index >= 15 is 0 Å². The highest BCUT2D eigenvalue weighted by Gasteiger charge is 2.38. The molecule has 0 aliphatic carbocycles. The summed E-state index contributed by atoms with van der Waals surface area (Å²) in [6.45, 7) is 4.01. The molecule has 3 aromatic rings. The van der Waals surface area contributed by atoms with Crippen molar-refractivity contribution in [1.29, 1.82) is 0 Å². The van der Waals surface area contributed by atoms with E-state index in [-0.39, 0.29) is 24.7 Å². The minimum Gasteiger partial charge on any atom is -0.392 e. The molecule has 0 saturated carbocycles. The smallest absolute Gasteiger partial charge is 0.276 e. The highest BCUT2D eigenvalue weighted by Crippen LogP contribution is 2.43. The number of thioether (sulfide) groups is 1. The number of aromatic nitrogens is 2. The van der Waals surface area contributed by atoms with E-state index in [0.29, 0.717) is 11.4 Å². The maximum absolute atomic E-state index is 12.0. The fourth-order valence-electron chi connectivity index (χ4n) is 3.73. The fourth-order valence-corrected chi connectivity index (χ4v) is 5.87. The molecule has 1 amide bonds. The first-order chi connectivity index (χ1) is 17.1. The molecule has 1 aliphatic rings. The number of nitrogens with zero attached hydrogens (tertiary/aromatic N) is 2. The number of carbonyl (C=O) groups excluding carboxylic acids is 1. The Hall–Kier alpha value is -1.43. The molecular weight excluding hydrogens is 565 g/mol. The van der Waals surface area contributed by atoms with Gasteiger partial charge < -0.3 is 19.9 Å². The van der Waals surface area contributed by atoms with Crippen LogP contribution in [0, 0.1) is 12.8 Å². The summed E-state index contributed by atoms with van der Waals surface area (Å²) >= 11 is 20.1. The molecule has 1 fully saturated rings. The molecule has 1 aromatic heterocycles. The number of ether oxygens (including phenoxy) is 2. The lowest BCUT2D eigenvalue weighted by Crippen LogP contribution is -2.38. The molecular formula is C24H24Cl3N3O4S2. The average Bonchev–Trinajstić information content (AvgIpc) is 3.28.